The van der Waals surface area contributed by atoms with Crippen molar-refractivity contribution >= 4 is 55.8 Å². The van der Waals surface area contributed by atoms with E-state index >= 15 is 0 Å². The quantitative estimate of drug-likeness (QED) is 0.492. The number of anilines is 1. The minimum Gasteiger partial charge on any atom is -0.370 e. The second kappa shape index (κ2) is 9.48. The monoisotopic (exact) mass is 518 g/mol. The molecule has 1 aromatic carbocycles. The van der Waals surface area contributed by atoms with Gasteiger partial charge in [-0.3, -0.25) is 9.89 Å². The van der Waals surface area contributed by atoms with Gasteiger partial charge in [0, 0.05) is 48.6 Å². The van der Waals surface area contributed by atoms with Crippen molar-refractivity contribution in [2.24, 2.45) is 10.9 Å². The second-order valence-electron chi connectivity index (χ2n) is 7.98. The molecule has 5 rings (SSSR count). The number of benzene rings is 1. The summed E-state index contributed by atoms with van der Waals surface area (Å²) in [6, 6.07) is 9.85. The number of aromatic nitrogens is 3. The van der Waals surface area contributed by atoms with Gasteiger partial charge in [0.2, 0.25) is 0 Å². The fourth-order valence-electron chi connectivity index (χ4n) is 4.25. The molecule has 2 aromatic heterocycles. The molecule has 1 unspecified atom stereocenters. The topological polar surface area (TPSA) is 57.8 Å². The Hall–Kier alpha value is -1.61. The largest absolute Gasteiger partial charge is 0.370 e. The summed E-state index contributed by atoms with van der Waals surface area (Å²) in [6.45, 7) is 5.14. The van der Waals surface area contributed by atoms with E-state index in [1.165, 1.54) is 24.4 Å². The maximum Gasteiger partial charge on any atom is 0.172 e. The molecule has 3 aromatic rings. The number of thioether (sulfide) groups is 1. The van der Waals surface area contributed by atoms with E-state index in [1.54, 1.807) is 6.20 Å². The van der Waals surface area contributed by atoms with E-state index < -0.39 is 0 Å². The molecule has 0 bridgehead atoms. The highest BCUT2D eigenvalue weighted by Gasteiger charge is 2.22. The van der Waals surface area contributed by atoms with Gasteiger partial charge in [0.1, 0.15) is 5.82 Å². The Morgan fingerprint density at radius 3 is 3.03 bits per heavy atom. The molecular weight excluding hydrogens is 496 g/mol. The average molecular weight is 520 g/mol. The standard InChI is InChI=1S/C22H24BrClN6S/c23-17-12-27-30-20(10-19(28-22(17)30)16-5-1-2-6-18(16)24)26-11-15-4-3-8-29(13-15)14-21-25-7-9-31-21/h1-2,5-6,10,12,15,26H,3-4,7-9,11,13-14H2. The molecule has 0 amide bonds. The molecule has 31 heavy (non-hydrogen) atoms. The van der Waals surface area contributed by atoms with Crippen LogP contribution < -0.4 is 5.32 Å². The van der Waals surface area contributed by atoms with Gasteiger partial charge in [0.15, 0.2) is 5.65 Å². The van der Waals surface area contributed by atoms with Crippen LogP contribution in [-0.2, 0) is 0 Å². The first-order valence-corrected chi connectivity index (χ1v) is 12.7. The van der Waals surface area contributed by atoms with E-state index in [2.05, 4.69) is 36.2 Å². The fraction of sp³-hybridized carbons (Fsp3) is 0.409. The summed E-state index contributed by atoms with van der Waals surface area (Å²) in [7, 11) is 0. The van der Waals surface area contributed by atoms with Crippen LogP contribution in [0.4, 0.5) is 5.82 Å². The molecular formula is C22H24BrClN6S. The molecule has 0 aliphatic carbocycles. The van der Waals surface area contributed by atoms with Crippen LogP contribution in [0.2, 0.25) is 5.02 Å². The molecule has 1 fully saturated rings. The number of hydrogen-bond donors (Lipinski definition) is 1. The molecule has 9 heteroatoms. The molecule has 1 saturated heterocycles. The van der Waals surface area contributed by atoms with Crippen LogP contribution >= 0.6 is 39.3 Å². The van der Waals surface area contributed by atoms with Gasteiger partial charge in [-0.25, -0.2) is 4.98 Å². The maximum atomic E-state index is 6.45. The molecule has 6 nitrogen and oxygen atoms in total. The number of piperidine rings is 1. The zero-order valence-electron chi connectivity index (χ0n) is 17.1. The van der Waals surface area contributed by atoms with Crippen molar-refractivity contribution < 1.29 is 0 Å². The Morgan fingerprint density at radius 1 is 1.29 bits per heavy atom. The Labute approximate surface area is 199 Å². The molecule has 2 aliphatic rings. The van der Waals surface area contributed by atoms with E-state index in [9.17, 15) is 0 Å². The lowest BCUT2D eigenvalue weighted by molar-refractivity contribution is 0.203. The smallest absolute Gasteiger partial charge is 0.172 e. The number of nitrogens with zero attached hydrogens (tertiary/aromatic N) is 5. The summed E-state index contributed by atoms with van der Waals surface area (Å²) in [4.78, 5) is 12.0. The Balaban J connectivity index is 1.34. The Morgan fingerprint density at radius 2 is 2.19 bits per heavy atom. The molecule has 2 aliphatic heterocycles. The highest BCUT2D eigenvalue weighted by atomic mass is 79.9. The number of likely N-dealkylation sites (tertiary alicyclic amines) is 1. The molecule has 1 N–H and O–H groups in total. The third kappa shape index (κ3) is 4.77. The zero-order valence-corrected chi connectivity index (χ0v) is 20.3. The van der Waals surface area contributed by atoms with Gasteiger partial charge < -0.3 is 5.32 Å². The zero-order chi connectivity index (χ0) is 21.2. The van der Waals surface area contributed by atoms with Crippen LogP contribution in [0.1, 0.15) is 12.8 Å². The summed E-state index contributed by atoms with van der Waals surface area (Å²) in [6.07, 6.45) is 4.25. The first-order chi connectivity index (χ1) is 15.2. The first-order valence-electron chi connectivity index (χ1n) is 10.6. The number of nitrogens with one attached hydrogen (secondary N) is 1. The second-order valence-corrected chi connectivity index (χ2v) is 10.4. The lowest BCUT2D eigenvalue weighted by atomic mass is 9.98. The minimum absolute atomic E-state index is 0.590. The van der Waals surface area contributed by atoms with Crippen molar-refractivity contribution in [1.29, 1.82) is 0 Å². The Bertz CT molecular complexity index is 1120. The normalized spacial score (nSPS) is 19.7. The lowest BCUT2D eigenvalue weighted by Gasteiger charge is -2.32. The molecule has 162 valence electrons. The number of rotatable bonds is 6. The van der Waals surface area contributed by atoms with E-state index in [0.29, 0.717) is 10.9 Å². The van der Waals surface area contributed by atoms with E-state index in [1.807, 2.05) is 46.6 Å². The Kier molecular flexibility index (Phi) is 6.50. The average Bonchev–Trinajstić information content (AvgIpc) is 3.43. The van der Waals surface area contributed by atoms with Gasteiger partial charge in [0.05, 0.1) is 21.4 Å². The maximum absolute atomic E-state index is 6.45. The van der Waals surface area contributed by atoms with Crippen molar-refractivity contribution in [3.05, 3.63) is 46.0 Å². The molecule has 0 saturated carbocycles. The van der Waals surface area contributed by atoms with E-state index in [0.717, 1.165) is 59.1 Å². The van der Waals surface area contributed by atoms with Gasteiger partial charge in [-0.1, -0.05) is 29.8 Å². The first kappa shape index (κ1) is 21.2. The highest BCUT2D eigenvalue weighted by molar-refractivity contribution is 9.10. The number of aliphatic imine (C=N–C) groups is 1. The van der Waals surface area contributed by atoms with E-state index in [-0.39, 0.29) is 0 Å². The number of hydrogen-bond acceptors (Lipinski definition) is 6. The van der Waals surface area contributed by atoms with Crippen LogP contribution in [0, 0.1) is 5.92 Å². The van der Waals surface area contributed by atoms with Gasteiger partial charge in [-0.05, 0) is 47.3 Å². The SMILES string of the molecule is Clc1ccccc1-c1cc(NCC2CCCN(CC3=NCCS3)C2)n2ncc(Br)c2n1. The van der Waals surface area contributed by atoms with Crippen LogP contribution in [0.5, 0.6) is 0 Å². The van der Waals surface area contributed by atoms with Crippen LogP contribution in [0.15, 0.2) is 46.0 Å². The lowest BCUT2D eigenvalue weighted by Crippen LogP contribution is -2.40. The summed E-state index contributed by atoms with van der Waals surface area (Å²) >= 11 is 11.9. The molecule has 0 spiro atoms. The van der Waals surface area contributed by atoms with Gasteiger partial charge in [-0.2, -0.15) is 9.61 Å². The molecule has 0 radical (unpaired) electrons. The van der Waals surface area contributed by atoms with Gasteiger partial charge in [-0.15, -0.1) is 11.8 Å². The predicted molar refractivity (Wildman–Crippen MR) is 134 cm³/mol. The van der Waals surface area contributed by atoms with Crippen LogP contribution in [-0.4, -0.2) is 63.0 Å². The highest BCUT2D eigenvalue weighted by Crippen LogP contribution is 2.30. The van der Waals surface area contributed by atoms with Crippen molar-refractivity contribution in [2.75, 3.05) is 43.8 Å². The third-order valence-electron chi connectivity index (χ3n) is 5.76. The predicted octanol–water partition coefficient (Wildman–Crippen LogP) is 5.08. The summed E-state index contributed by atoms with van der Waals surface area (Å²) in [5.41, 5.74) is 2.53. The number of halogens is 2. The van der Waals surface area contributed by atoms with Crippen LogP contribution in [0.25, 0.3) is 16.9 Å². The minimum atomic E-state index is 0.590. The van der Waals surface area contributed by atoms with Crippen LogP contribution in [0.3, 0.4) is 0 Å². The van der Waals surface area contributed by atoms with Crippen molar-refractivity contribution in [3.63, 3.8) is 0 Å². The van der Waals surface area contributed by atoms with Gasteiger partial charge in [0.25, 0.3) is 0 Å². The van der Waals surface area contributed by atoms with Crippen molar-refractivity contribution in [3.8, 4) is 11.3 Å². The van der Waals surface area contributed by atoms with E-state index in [4.69, 9.17) is 16.6 Å². The fourth-order valence-corrected chi connectivity index (χ4v) is 5.70. The third-order valence-corrected chi connectivity index (χ3v) is 7.63. The van der Waals surface area contributed by atoms with Gasteiger partial charge >= 0.3 is 0 Å². The number of fused-ring (bicyclic) bond motifs is 1. The van der Waals surface area contributed by atoms with Crippen molar-refractivity contribution in [1.82, 2.24) is 19.5 Å². The molecule has 4 heterocycles. The summed E-state index contributed by atoms with van der Waals surface area (Å²) in [5, 5.41) is 10.1. The summed E-state index contributed by atoms with van der Waals surface area (Å²) < 4.78 is 2.72. The summed E-state index contributed by atoms with van der Waals surface area (Å²) in [5.74, 6) is 2.66. The molecule has 1 atom stereocenters. The van der Waals surface area contributed by atoms with Crippen molar-refractivity contribution in [2.45, 2.75) is 12.8 Å².